The molecule has 0 bridgehead atoms. The molecule has 6 heteroatoms. The lowest BCUT2D eigenvalue weighted by Gasteiger charge is -1.98. The Labute approximate surface area is 103 Å². The third-order valence-electron chi connectivity index (χ3n) is 2.15. The van der Waals surface area contributed by atoms with Gasteiger partial charge in [0.15, 0.2) is 5.82 Å². The molecular formula is C11H11ClN4O. The number of amides is 1. The van der Waals surface area contributed by atoms with Crippen LogP contribution in [0.5, 0.6) is 0 Å². The maximum atomic E-state index is 11.2. The molecule has 17 heavy (non-hydrogen) atoms. The zero-order valence-corrected chi connectivity index (χ0v) is 9.98. The van der Waals surface area contributed by atoms with Gasteiger partial charge in [-0.2, -0.15) is 5.10 Å². The molecule has 0 saturated carbocycles. The molecular weight excluding hydrogens is 240 g/mol. The van der Waals surface area contributed by atoms with Crippen molar-refractivity contribution in [2.45, 2.75) is 6.92 Å². The van der Waals surface area contributed by atoms with E-state index in [1.165, 1.54) is 4.80 Å². The number of carbonyl (C=O) groups excluding carboxylic acids is 1. The van der Waals surface area contributed by atoms with E-state index < -0.39 is 0 Å². The second-order valence-electron chi connectivity index (χ2n) is 3.44. The van der Waals surface area contributed by atoms with Gasteiger partial charge in [-0.05, 0) is 19.1 Å². The van der Waals surface area contributed by atoms with E-state index in [2.05, 4.69) is 15.5 Å². The van der Waals surface area contributed by atoms with Crippen LogP contribution < -0.4 is 5.32 Å². The highest BCUT2D eigenvalue weighted by molar-refractivity contribution is 6.29. The number of hydrogen-bond acceptors (Lipinski definition) is 3. The summed E-state index contributed by atoms with van der Waals surface area (Å²) >= 11 is 5.41. The molecule has 0 fully saturated rings. The van der Waals surface area contributed by atoms with Crippen LogP contribution in [0.4, 0.5) is 5.82 Å². The first-order valence-corrected chi connectivity index (χ1v) is 5.59. The summed E-state index contributed by atoms with van der Waals surface area (Å²) in [4.78, 5) is 12.6. The normalized spacial score (nSPS) is 10.2. The van der Waals surface area contributed by atoms with Crippen LogP contribution >= 0.6 is 11.6 Å². The van der Waals surface area contributed by atoms with Crippen LogP contribution in [0.25, 0.3) is 5.69 Å². The number of nitrogens with zero attached hydrogens (tertiary/aromatic N) is 3. The Balaban J connectivity index is 2.28. The zero-order valence-electron chi connectivity index (χ0n) is 9.22. The maximum absolute atomic E-state index is 11.2. The Morgan fingerprint density at radius 1 is 1.35 bits per heavy atom. The second kappa shape index (κ2) is 4.97. The predicted molar refractivity (Wildman–Crippen MR) is 65.4 cm³/mol. The first kappa shape index (κ1) is 11.6. The smallest absolute Gasteiger partial charge is 0.240 e. The first-order valence-electron chi connectivity index (χ1n) is 5.06. The van der Waals surface area contributed by atoms with Crippen molar-refractivity contribution in [1.29, 1.82) is 0 Å². The summed E-state index contributed by atoms with van der Waals surface area (Å²) in [6.07, 6.45) is 0. The fourth-order valence-electron chi connectivity index (χ4n) is 1.34. The Morgan fingerprint density at radius 2 is 2.06 bits per heavy atom. The van der Waals surface area contributed by atoms with Crippen molar-refractivity contribution in [1.82, 2.24) is 15.0 Å². The van der Waals surface area contributed by atoms with Crippen LogP contribution in [0, 0.1) is 6.92 Å². The van der Waals surface area contributed by atoms with E-state index in [1.54, 1.807) is 6.92 Å². The highest BCUT2D eigenvalue weighted by atomic mass is 35.5. The topological polar surface area (TPSA) is 59.8 Å². The van der Waals surface area contributed by atoms with Gasteiger partial charge in [0.1, 0.15) is 11.6 Å². The molecule has 2 aromatic rings. The van der Waals surface area contributed by atoms with Gasteiger partial charge in [0.2, 0.25) is 5.91 Å². The number of nitrogens with one attached hydrogen (secondary N) is 1. The minimum absolute atomic E-state index is 0.0996. The monoisotopic (exact) mass is 250 g/mol. The summed E-state index contributed by atoms with van der Waals surface area (Å²) in [7, 11) is 0. The van der Waals surface area contributed by atoms with Gasteiger partial charge in [-0.25, -0.2) is 0 Å². The number of carbonyl (C=O) groups is 1. The number of anilines is 1. The van der Waals surface area contributed by atoms with E-state index in [-0.39, 0.29) is 11.8 Å². The molecule has 0 unspecified atom stereocenters. The van der Waals surface area contributed by atoms with Crippen molar-refractivity contribution in [3.63, 3.8) is 0 Å². The van der Waals surface area contributed by atoms with Crippen LogP contribution in [0.2, 0.25) is 0 Å². The number of alkyl halides is 1. The van der Waals surface area contributed by atoms with Crippen LogP contribution in [0.3, 0.4) is 0 Å². The number of benzene rings is 1. The molecule has 0 saturated heterocycles. The van der Waals surface area contributed by atoms with E-state index in [9.17, 15) is 4.79 Å². The molecule has 5 nitrogen and oxygen atoms in total. The molecule has 0 aliphatic heterocycles. The van der Waals surface area contributed by atoms with Gasteiger partial charge in [-0.3, -0.25) is 4.79 Å². The molecule has 1 aromatic carbocycles. The summed E-state index contributed by atoms with van der Waals surface area (Å²) in [5, 5.41) is 11.0. The third-order valence-corrected chi connectivity index (χ3v) is 2.39. The molecule has 2 rings (SSSR count). The van der Waals surface area contributed by atoms with Gasteiger partial charge >= 0.3 is 0 Å². The summed E-state index contributed by atoms with van der Waals surface area (Å²) in [5.41, 5.74) is 1.48. The van der Waals surface area contributed by atoms with Crippen molar-refractivity contribution < 1.29 is 4.79 Å². The van der Waals surface area contributed by atoms with Crippen molar-refractivity contribution in [3.8, 4) is 5.69 Å². The average Bonchev–Trinajstić information content (AvgIpc) is 2.72. The molecule has 0 atom stereocenters. The molecule has 1 heterocycles. The van der Waals surface area contributed by atoms with Crippen LogP contribution in [0.1, 0.15) is 5.69 Å². The van der Waals surface area contributed by atoms with E-state index in [0.29, 0.717) is 11.5 Å². The lowest BCUT2D eigenvalue weighted by Crippen LogP contribution is -2.13. The third kappa shape index (κ3) is 2.62. The lowest BCUT2D eigenvalue weighted by atomic mass is 10.3. The Hall–Kier alpha value is -1.88. The summed E-state index contributed by atoms with van der Waals surface area (Å²) in [6.45, 7) is 1.77. The van der Waals surface area contributed by atoms with Gasteiger partial charge < -0.3 is 5.32 Å². The summed E-state index contributed by atoms with van der Waals surface area (Å²) in [6, 6.07) is 9.46. The Bertz CT molecular complexity index is 524. The fourth-order valence-corrected chi connectivity index (χ4v) is 1.40. The molecule has 1 N–H and O–H groups in total. The quantitative estimate of drug-likeness (QED) is 0.845. The standard InChI is InChI=1S/C11H11ClN4O/c1-8-11(13-10(17)7-12)15-16(14-8)9-5-3-2-4-6-9/h2-6H,7H2,1H3,(H,13,15,17). The van der Waals surface area contributed by atoms with E-state index in [1.807, 2.05) is 30.3 Å². The summed E-state index contributed by atoms with van der Waals surface area (Å²) in [5.74, 6) is 0.0341. The van der Waals surface area contributed by atoms with Crippen molar-refractivity contribution in [3.05, 3.63) is 36.0 Å². The zero-order chi connectivity index (χ0) is 12.3. The number of hydrogen-bond donors (Lipinski definition) is 1. The van der Waals surface area contributed by atoms with Crippen LogP contribution in [0.15, 0.2) is 30.3 Å². The molecule has 0 aliphatic carbocycles. The molecule has 88 valence electrons. The van der Waals surface area contributed by atoms with E-state index in [4.69, 9.17) is 11.6 Å². The highest BCUT2D eigenvalue weighted by Crippen LogP contribution is 2.11. The van der Waals surface area contributed by atoms with Crippen molar-refractivity contribution >= 4 is 23.3 Å². The van der Waals surface area contributed by atoms with Crippen LogP contribution in [-0.2, 0) is 4.79 Å². The number of rotatable bonds is 3. The Kier molecular flexibility index (Phi) is 3.39. The first-order chi connectivity index (χ1) is 8.20. The van der Waals surface area contributed by atoms with Crippen molar-refractivity contribution in [2.24, 2.45) is 0 Å². The van der Waals surface area contributed by atoms with Crippen molar-refractivity contribution in [2.75, 3.05) is 11.2 Å². The number of para-hydroxylation sites is 1. The van der Waals surface area contributed by atoms with E-state index in [0.717, 1.165) is 5.69 Å². The van der Waals surface area contributed by atoms with Gasteiger partial charge in [-0.15, -0.1) is 21.5 Å². The SMILES string of the molecule is Cc1nn(-c2ccccc2)nc1NC(=O)CCl. The molecule has 1 aromatic heterocycles. The number of halogens is 1. The van der Waals surface area contributed by atoms with E-state index >= 15 is 0 Å². The van der Waals surface area contributed by atoms with Gasteiger partial charge in [0, 0.05) is 0 Å². The minimum Gasteiger partial charge on any atom is -0.307 e. The van der Waals surface area contributed by atoms with Gasteiger partial charge in [-0.1, -0.05) is 18.2 Å². The summed E-state index contributed by atoms with van der Waals surface area (Å²) < 4.78 is 0. The second-order valence-corrected chi connectivity index (χ2v) is 3.71. The number of aryl methyl sites for hydroxylation is 1. The Morgan fingerprint density at radius 3 is 2.71 bits per heavy atom. The molecule has 0 spiro atoms. The van der Waals surface area contributed by atoms with Gasteiger partial charge in [0.05, 0.1) is 5.69 Å². The molecule has 0 radical (unpaired) electrons. The minimum atomic E-state index is -0.296. The van der Waals surface area contributed by atoms with Crippen LogP contribution in [-0.4, -0.2) is 26.8 Å². The average molecular weight is 251 g/mol. The fraction of sp³-hybridized carbons (Fsp3) is 0.182. The molecule has 1 amide bonds. The molecule has 0 aliphatic rings. The number of aromatic nitrogens is 3. The lowest BCUT2D eigenvalue weighted by molar-refractivity contribution is -0.113. The van der Waals surface area contributed by atoms with Gasteiger partial charge in [0.25, 0.3) is 0 Å². The maximum Gasteiger partial charge on any atom is 0.240 e. The largest absolute Gasteiger partial charge is 0.307 e. The predicted octanol–water partition coefficient (Wildman–Crippen LogP) is 1.75. The highest BCUT2D eigenvalue weighted by Gasteiger charge is 2.10.